The van der Waals surface area contributed by atoms with Crippen molar-refractivity contribution in [1.29, 1.82) is 0 Å². The first kappa shape index (κ1) is 18.5. The van der Waals surface area contributed by atoms with Crippen LogP contribution in [-0.4, -0.2) is 11.7 Å². The van der Waals surface area contributed by atoms with Crippen molar-refractivity contribution in [3.63, 3.8) is 0 Å². The summed E-state index contributed by atoms with van der Waals surface area (Å²) >= 11 is 1.82. The van der Waals surface area contributed by atoms with Crippen LogP contribution in [0, 0.1) is 6.92 Å². The van der Waals surface area contributed by atoms with Crippen molar-refractivity contribution in [2.45, 2.75) is 52.8 Å². The third-order valence-electron chi connectivity index (χ3n) is 3.40. The predicted molar refractivity (Wildman–Crippen MR) is 101 cm³/mol. The molecule has 1 amide bonds. The molecule has 24 heavy (non-hydrogen) atoms. The lowest BCUT2D eigenvalue weighted by Gasteiger charge is -2.19. The molecule has 4 nitrogen and oxygen atoms in total. The number of hydrogen-bond acceptors (Lipinski definition) is 4. The Balaban J connectivity index is 1.84. The molecule has 0 bridgehead atoms. The van der Waals surface area contributed by atoms with Crippen LogP contribution in [0.3, 0.4) is 0 Å². The topological polar surface area (TPSA) is 50.4 Å². The summed E-state index contributed by atoms with van der Waals surface area (Å²) in [5.41, 5.74) is 1.41. The van der Waals surface area contributed by atoms with E-state index in [0.717, 1.165) is 12.2 Å². The Morgan fingerprint density at radius 3 is 2.38 bits per heavy atom. The number of ether oxygens (including phenoxy) is 1. The standard InChI is InChI=1S/C19H26N2O2S/c1-13-6-11-17(24-13)14(2)20-12-15-7-9-16(10-8-15)21-18(22)23-19(3,4)5/h6-11,14,20H,12H2,1-5H3,(H,21,22). The summed E-state index contributed by atoms with van der Waals surface area (Å²) in [4.78, 5) is 14.4. The van der Waals surface area contributed by atoms with Gasteiger partial charge in [0.2, 0.25) is 0 Å². The zero-order valence-corrected chi connectivity index (χ0v) is 15.8. The smallest absolute Gasteiger partial charge is 0.412 e. The van der Waals surface area contributed by atoms with Gasteiger partial charge >= 0.3 is 6.09 Å². The summed E-state index contributed by atoms with van der Waals surface area (Å²) in [6, 6.07) is 12.4. The zero-order chi connectivity index (χ0) is 17.7. The van der Waals surface area contributed by atoms with Gasteiger partial charge in [0.25, 0.3) is 0 Å². The number of rotatable bonds is 5. The molecule has 5 heteroatoms. The summed E-state index contributed by atoms with van der Waals surface area (Å²) in [7, 11) is 0. The minimum atomic E-state index is -0.496. The van der Waals surface area contributed by atoms with Crippen molar-refractivity contribution < 1.29 is 9.53 Å². The van der Waals surface area contributed by atoms with E-state index in [1.807, 2.05) is 56.4 Å². The molecular formula is C19H26N2O2S. The lowest BCUT2D eigenvalue weighted by Crippen LogP contribution is -2.27. The summed E-state index contributed by atoms with van der Waals surface area (Å²) in [6.07, 6.45) is -0.435. The SMILES string of the molecule is Cc1ccc(C(C)NCc2ccc(NC(=O)OC(C)(C)C)cc2)s1. The van der Waals surface area contributed by atoms with E-state index in [0.29, 0.717) is 6.04 Å². The second-order valence-corrected chi connectivity index (χ2v) is 8.19. The van der Waals surface area contributed by atoms with Gasteiger partial charge < -0.3 is 10.1 Å². The van der Waals surface area contributed by atoms with Gasteiger partial charge in [-0.2, -0.15) is 0 Å². The molecule has 2 aromatic rings. The largest absolute Gasteiger partial charge is 0.444 e. The van der Waals surface area contributed by atoms with Crippen molar-refractivity contribution in [3.8, 4) is 0 Å². The number of aryl methyl sites for hydroxylation is 1. The second kappa shape index (κ2) is 7.81. The quantitative estimate of drug-likeness (QED) is 0.777. The van der Waals surface area contributed by atoms with Gasteiger partial charge in [0.05, 0.1) is 0 Å². The van der Waals surface area contributed by atoms with Crippen LogP contribution in [0.25, 0.3) is 0 Å². The molecule has 0 saturated heterocycles. The first-order chi connectivity index (χ1) is 11.2. The van der Waals surface area contributed by atoms with E-state index < -0.39 is 11.7 Å². The maximum atomic E-state index is 11.7. The Morgan fingerprint density at radius 1 is 1.17 bits per heavy atom. The molecule has 2 N–H and O–H groups in total. The molecule has 0 saturated carbocycles. The Morgan fingerprint density at radius 2 is 1.83 bits per heavy atom. The molecule has 1 atom stereocenters. The van der Waals surface area contributed by atoms with E-state index >= 15 is 0 Å². The fourth-order valence-corrected chi connectivity index (χ4v) is 3.09. The van der Waals surface area contributed by atoms with Crippen LogP contribution in [0.4, 0.5) is 10.5 Å². The van der Waals surface area contributed by atoms with Gasteiger partial charge in [0.1, 0.15) is 5.60 Å². The summed E-state index contributed by atoms with van der Waals surface area (Å²) < 4.78 is 5.24. The van der Waals surface area contributed by atoms with E-state index in [4.69, 9.17) is 4.74 Å². The number of carbonyl (C=O) groups excluding carboxylic acids is 1. The Labute approximate surface area is 148 Å². The molecule has 1 aromatic carbocycles. The fraction of sp³-hybridized carbons (Fsp3) is 0.421. The van der Waals surface area contributed by atoms with Crippen molar-refractivity contribution >= 4 is 23.1 Å². The first-order valence-corrected chi connectivity index (χ1v) is 8.93. The van der Waals surface area contributed by atoms with E-state index in [1.165, 1.54) is 15.3 Å². The van der Waals surface area contributed by atoms with Crippen LogP contribution < -0.4 is 10.6 Å². The summed E-state index contributed by atoms with van der Waals surface area (Å²) in [5.74, 6) is 0. The highest BCUT2D eigenvalue weighted by Crippen LogP contribution is 2.22. The van der Waals surface area contributed by atoms with E-state index in [1.54, 1.807) is 0 Å². The van der Waals surface area contributed by atoms with Crippen LogP contribution in [-0.2, 0) is 11.3 Å². The average Bonchev–Trinajstić information content (AvgIpc) is 2.91. The lowest BCUT2D eigenvalue weighted by molar-refractivity contribution is 0.0636. The number of anilines is 1. The number of benzene rings is 1. The van der Waals surface area contributed by atoms with E-state index in [-0.39, 0.29) is 0 Å². The predicted octanol–water partition coefficient (Wildman–Crippen LogP) is 5.25. The molecule has 130 valence electrons. The average molecular weight is 346 g/mol. The molecule has 0 fully saturated rings. The highest BCUT2D eigenvalue weighted by atomic mass is 32.1. The summed E-state index contributed by atoms with van der Waals surface area (Å²) in [5, 5.41) is 6.26. The molecule has 0 aliphatic rings. The molecule has 0 aliphatic carbocycles. The van der Waals surface area contributed by atoms with Crippen LogP contribution in [0.2, 0.25) is 0 Å². The monoisotopic (exact) mass is 346 g/mol. The normalized spacial score (nSPS) is 12.7. The van der Waals surface area contributed by atoms with Gasteiger partial charge in [-0.3, -0.25) is 5.32 Å². The molecule has 2 rings (SSSR count). The van der Waals surface area contributed by atoms with Crippen LogP contribution in [0.1, 0.15) is 49.1 Å². The molecule has 1 heterocycles. The molecular weight excluding hydrogens is 320 g/mol. The number of carbonyl (C=O) groups is 1. The van der Waals surface area contributed by atoms with Gasteiger partial charge in [0.15, 0.2) is 0 Å². The minimum Gasteiger partial charge on any atom is -0.444 e. The third kappa shape index (κ3) is 5.98. The van der Waals surface area contributed by atoms with Gasteiger partial charge in [-0.25, -0.2) is 4.79 Å². The third-order valence-corrected chi connectivity index (χ3v) is 4.58. The number of nitrogens with one attached hydrogen (secondary N) is 2. The zero-order valence-electron chi connectivity index (χ0n) is 15.0. The van der Waals surface area contributed by atoms with E-state index in [2.05, 4.69) is 36.6 Å². The van der Waals surface area contributed by atoms with Crippen molar-refractivity contribution in [3.05, 3.63) is 51.7 Å². The van der Waals surface area contributed by atoms with Crippen LogP contribution >= 0.6 is 11.3 Å². The van der Waals surface area contributed by atoms with Crippen LogP contribution in [0.15, 0.2) is 36.4 Å². The van der Waals surface area contributed by atoms with Crippen molar-refractivity contribution in [2.24, 2.45) is 0 Å². The Bertz CT molecular complexity index is 671. The second-order valence-electron chi connectivity index (χ2n) is 6.87. The number of thiophene rings is 1. The van der Waals surface area contributed by atoms with Gasteiger partial charge in [0, 0.05) is 28.0 Å². The van der Waals surface area contributed by atoms with Crippen molar-refractivity contribution in [1.82, 2.24) is 5.32 Å². The highest BCUT2D eigenvalue weighted by Gasteiger charge is 2.16. The molecule has 0 radical (unpaired) electrons. The molecule has 1 aromatic heterocycles. The van der Waals surface area contributed by atoms with Gasteiger partial charge in [-0.05, 0) is 64.4 Å². The number of hydrogen-bond donors (Lipinski definition) is 2. The fourth-order valence-electron chi connectivity index (χ4n) is 2.19. The maximum Gasteiger partial charge on any atom is 0.412 e. The Hall–Kier alpha value is -1.85. The number of amides is 1. The Kier molecular flexibility index (Phi) is 6.02. The lowest BCUT2D eigenvalue weighted by atomic mass is 10.2. The molecule has 0 aliphatic heterocycles. The minimum absolute atomic E-state index is 0.322. The van der Waals surface area contributed by atoms with Gasteiger partial charge in [-0.15, -0.1) is 11.3 Å². The van der Waals surface area contributed by atoms with Gasteiger partial charge in [-0.1, -0.05) is 12.1 Å². The molecule has 1 unspecified atom stereocenters. The molecule has 0 spiro atoms. The maximum absolute atomic E-state index is 11.7. The summed E-state index contributed by atoms with van der Waals surface area (Å²) in [6.45, 7) is 10.6. The highest BCUT2D eigenvalue weighted by molar-refractivity contribution is 7.12. The van der Waals surface area contributed by atoms with E-state index in [9.17, 15) is 4.79 Å². The van der Waals surface area contributed by atoms with Crippen molar-refractivity contribution in [2.75, 3.05) is 5.32 Å². The van der Waals surface area contributed by atoms with Crippen LogP contribution in [0.5, 0.6) is 0 Å². The first-order valence-electron chi connectivity index (χ1n) is 8.11.